The number of aliphatic hydroxyl groups excluding tert-OH is 1. The minimum atomic E-state index is -0.175. The predicted molar refractivity (Wildman–Crippen MR) is 63.0 cm³/mol. The number of nitrogens with zero attached hydrogens (tertiary/aromatic N) is 2. The minimum Gasteiger partial charge on any atom is -0.392 e. The molecular weight excluding hydrogens is 202 g/mol. The van der Waals surface area contributed by atoms with E-state index in [9.17, 15) is 5.11 Å². The first-order valence-corrected chi connectivity index (χ1v) is 6.07. The molecule has 2 N–H and O–H groups in total. The van der Waals surface area contributed by atoms with Gasteiger partial charge in [0.05, 0.1) is 11.8 Å². The normalized spacial score (nSPS) is 25.9. The van der Waals surface area contributed by atoms with Crippen LogP contribution in [0.5, 0.6) is 0 Å². The average Bonchev–Trinajstić information content (AvgIpc) is 2.56. The van der Waals surface area contributed by atoms with Gasteiger partial charge >= 0.3 is 0 Å². The Kier molecular flexibility index (Phi) is 3.61. The summed E-state index contributed by atoms with van der Waals surface area (Å²) in [6.07, 6.45) is 6.26. The zero-order chi connectivity index (χ0) is 11.5. The van der Waals surface area contributed by atoms with Crippen molar-refractivity contribution >= 4 is 0 Å². The Morgan fingerprint density at radius 3 is 2.88 bits per heavy atom. The van der Waals surface area contributed by atoms with E-state index in [-0.39, 0.29) is 12.1 Å². The van der Waals surface area contributed by atoms with E-state index in [0.29, 0.717) is 0 Å². The molecule has 0 aliphatic heterocycles. The molecule has 0 radical (unpaired) electrons. The second kappa shape index (κ2) is 4.97. The zero-order valence-electron chi connectivity index (χ0n) is 10.1. The van der Waals surface area contributed by atoms with Gasteiger partial charge in [0, 0.05) is 31.4 Å². The summed E-state index contributed by atoms with van der Waals surface area (Å²) in [6, 6.07) is 0.258. The fraction of sp³-hybridized carbons (Fsp3) is 0.750. The van der Waals surface area contributed by atoms with Crippen LogP contribution < -0.4 is 5.32 Å². The summed E-state index contributed by atoms with van der Waals surface area (Å²) in [4.78, 5) is 0. The lowest BCUT2D eigenvalue weighted by molar-refractivity contribution is 0.0902. The van der Waals surface area contributed by atoms with Crippen LogP contribution in [0.3, 0.4) is 0 Å². The van der Waals surface area contributed by atoms with Gasteiger partial charge in [0.25, 0.3) is 0 Å². The van der Waals surface area contributed by atoms with Crippen molar-refractivity contribution in [3.8, 4) is 0 Å². The van der Waals surface area contributed by atoms with Crippen LogP contribution >= 0.6 is 0 Å². The number of nitrogens with one attached hydrogen (secondary N) is 1. The van der Waals surface area contributed by atoms with Gasteiger partial charge in [0.1, 0.15) is 0 Å². The van der Waals surface area contributed by atoms with E-state index in [0.717, 1.165) is 31.5 Å². The van der Waals surface area contributed by atoms with Gasteiger partial charge in [0.15, 0.2) is 0 Å². The van der Waals surface area contributed by atoms with Crippen LogP contribution in [0.15, 0.2) is 6.20 Å². The van der Waals surface area contributed by atoms with E-state index in [1.54, 1.807) is 0 Å². The highest BCUT2D eigenvalue weighted by Crippen LogP contribution is 2.18. The van der Waals surface area contributed by atoms with Crippen LogP contribution in [-0.4, -0.2) is 27.0 Å². The van der Waals surface area contributed by atoms with Gasteiger partial charge in [-0.25, -0.2) is 0 Å². The van der Waals surface area contributed by atoms with Crippen LogP contribution in [0.4, 0.5) is 0 Å². The van der Waals surface area contributed by atoms with Crippen molar-refractivity contribution in [3.05, 3.63) is 17.5 Å². The molecule has 1 fully saturated rings. The zero-order valence-corrected chi connectivity index (χ0v) is 10.1. The molecule has 2 atom stereocenters. The molecule has 0 spiro atoms. The molecule has 0 aromatic carbocycles. The second-order valence-corrected chi connectivity index (χ2v) is 4.75. The number of aryl methyl sites for hydroxylation is 2. The van der Waals surface area contributed by atoms with Crippen molar-refractivity contribution in [2.45, 2.75) is 51.3 Å². The SMILES string of the molecule is Cc1nn(C)cc1CN[C@H]1CCCC[C@@H]1O. The topological polar surface area (TPSA) is 50.1 Å². The molecule has 1 aliphatic rings. The highest BCUT2D eigenvalue weighted by Gasteiger charge is 2.22. The smallest absolute Gasteiger partial charge is 0.0693 e. The van der Waals surface area contributed by atoms with E-state index >= 15 is 0 Å². The number of hydrogen-bond acceptors (Lipinski definition) is 3. The molecule has 4 nitrogen and oxygen atoms in total. The minimum absolute atomic E-state index is 0.175. The maximum absolute atomic E-state index is 9.84. The Morgan fingerprint density at radius 1 is 1.50 bits per heavy atom. The first kappa shape index (κ1) is 11.6. The maximum atomic E-state index is 9.84. The molecule has 2 rings (SSSR count). The van der Waals surface area contributed by atoms with Gasteiger partial charge < -0.3 is 10.4 Å². The standard InChI is InChI=1S/C12H21N3O/c1-9-10(8-15(2)14-9)7-13-11-5-3-4-6-12(11)16/h8,11-13,16H,3-7H2,1-2H3/t11-,12-/m0/s1. The molecule has 1 aromatic rings. The monoisotopic (exact) mass is 223 g/mol. The van der Waals surface area contributed by atoms with E-state index in [1.807, 2.05) is 24.9 Å². The number of aliphatic hydroxyl groups is 1. The molecular formula is C12H21N3O. The largest absolute Gasteiger partial charge is 0.392 e. The van der Waals surface area contributed by atoms with Crippen molar-refractivity contribution in [1.29, 1.82) is 0 Å². The number of aromatic nitrogens is 2. The van der Waals surface area contributed by atoms with Crippen molar-refractivity contribution < 1.29 is 5.11 Å². The van der Waals surface area contributed by atoms with Crippen LogP contribution in [-0.2, 0) is 13.6 Å². The Hall–Kier alpha value is -0.870. The summed E-state index contributed by atoms with van der Waals surface area (Å²) >= 11 is 0. The Morgan fingerprint density at radius 2 is 2.25 bits per heavy atom. The molecule has 1 saturated carbocycles. The summed E-state index contributed by atoms with van der Waals surface area (Å²) in [5.74, 6) is 0. The van der Waals surface area contributed by atoms with Crippen molar-refractivity contribution in [2.24, 2.45) is 7.05 Å². The van der Waals surface area contributed by atoms with E-state index < -0.39 is 0 Å². The maximum Gasteiger partial charge on any atom is 0.0693 e. The Bertz CT molecular complexity index is 348. The highest BCUT2D eigenvalue weighted by atomic mass is 16.3. The van der Waals surface area contributed by atoms with Crippen molar-refractivity contribution in [2.75, 3.05) is 0 Å². The predicted octanol–water partition coefficient (Wildman–Crippen LogP) is 1.12. The summed E-state index contributed by atoms with van der Waals surface area (Å²) in [6.45, 7) is 2.83. The van der Waals surface area contributed by atoms with Gasteiger partial charge in [-0.2, -0.15) is 5.10 Å². The van der Waals surface area contributed by atoms with Crippen molar-refractivity contribution in [3.63, 3.8) is 0 Å². The van der Waals surface area contributed by atoms with Gasteiger partial charge in [-0.15, -0.1) is 0 Å². The lowest BCUT2D eigenvalue weighted by Crippen LogP contribution is -2.41. The molecule has 0 bridgehead atoms. The van der Waals surface area contributed by atoms with E-state index in [2.05, 4.69) is 10.4 Å². The molecule has 0 amide bonds. The molecule has 0 unspecified atom stereocenters. The fourth-order valence-corrected chi connectivity index (χ4v) is 2.41. The van der Waals surface area contributed by atoms with Gasteiger partial charge in [-0.3, -0.25) is 4.68 Å². The lowest BCUT2D eigenvalue weighted by Gasteiger charge is -2.28. The fourth-order valence-electron chi connectivity index (χ4n) is 2.41. The summed E-state index contributed by atoms with van der Waals surface area (Å²) in [5.41, 5.74) is 2.29. The van der Waals surface area contributed by atoms with E-state index in [4.69, 9.17) is 0 Å². The number of hydrogen-bond donors (Lipinski definition) is 2. The Balaban J connectivity index is 1.89. The van der Waals surface area contributed by atoms with Crippen LogP contribution in [0, 0.1) is 6.92 Å². The molecule has 1 aromatic heterocycles. The third-order valence-electron chi connectivity index (χ3n) is 3.40. The van der Waals surface area contributed by atoms with Gasteiger partial charge in [-0.05, 0) is 19.8 Å². The highest BCUT2D eigenvalue weighted by molar-refractivity contribution is 5.15. The molecule has 1 aliphatic carbocycles. The van der Waals surface area contributed by atoms with Gasteiger partial charge in [-0.1, -0.05) is 12.8 Å². The van der Waals surface area contributed by atoms with Gasteiger partial charge in [0.2, 0.25) is 0 Å². The van der Waals surface area contributed by atoms with E-state index in [1.165, 1.54) is 12.0 Å². The first-order chi connectivity index (χ1) is 7.66. The molecule has 1 heterocycles. The quantitative estimate of drug-likeness (QED) is 0.807. The lowest BCUT2D eigenvalue weighted by atomic mass is 9.92. The molecule has 0 saturated heterocycles. The Labute approximate surface area is 96.7 Å². The third-order valence-corrected chi connectivity index (χ3v) is 3.40. The third kappa shape index (κ3) is 2.62. The molecule has 16 heavy (non-hydrogen) atoms. The summed E-state index contributed by atoms with van der Waals surface area (Å²) < 4.78 is 1.84. The first-order valence-electron chi connectivity index (χ1n) is 6.07. The van der Waals surface area contributed by atoms with Crippen LogP contribution in [0.1, 0.15) is 36.9 Å². The summed E-state index contributed by atoms with van der Waals surface area (Å²) in [5, 5.41) is 17.6. The average molecular weight is 223 g/mol. The van der Waals surface area contributed by atoms with Crippen LogP contribution in [0.25, 0.3) is 0 Å². The summed E-state index contributed by atoms with van der Waals surface area (Å²) in [7, 11) is 1.94. The van der Waals surface area contributed by atoms with Crippen molar-refractivity contribution in [1.82, 2.24) is 15.1 Å². The molecule has 4 heteroatoms. The molecule has 90 valence electrons. The number of rotatable bonds is 3. The van der Waals surface area contributed by atoms with Crippen LogP contribution in [0.2, 0.25) is 0 Å². The second-order valence-electron chi connectivity index (χ2n) is 4.75.